The molecule has 0 aliphatic rings. The first-order valence-corrected chi connectivity index (χ1v) is 7.23. The van der Waals surface area contributed by atoms with Gasteiger partial charge in [0.15, 0.2) is 0 Å². The molecular formula is C15H15NO4S. The van der Waals surface area contributed by atoms with Gasteiger partial charge in [-0.15, -0.1) is 11.3 Å². The van der Waals surface area contributed by atoms with Gasteiger partial charge in [-0.2, -0.15) is 0 Å². The van der Waals surface area contributed by atoms with Crippen LogP contribution >= 0.6 is 11.3 Å². The Bertz CT molecular complexity index is 633. The van der Waals surface area contributed by atoms with Crippen LogP contribution in [0.3, 0.4) is 0 Å². The summed E-state index contributed by atoms with van der Waals surface area (Å²) in [7, 11) is 1.30. The van der Waals surface area contributed by atoms with Crippen molar-refractivity contribution in [1.82, 2.24) is 0 Å². The number of hydrogen-bond donors (Lipinski definition) is 1. The lowest BCUT2D eigenvalue weighted by Gasteiger charge is -2.07. The summed E-state index contributed by atoms with van der Waals surface area (Å²) < 4.78 is 9.99. The van der Waals surface area contributed by atoms with Gasteiger partial charge in [-0.25, -0.2) is 4.79 Å². The Labute approximate surface area is 126 Å². The molecule has 0 fully saturated rings. The second-order valence-corrected chi connectivity index (χ2v) is 4.98. The monoisotopic (exact) mass is 305 g/mol. The van der Waals surface area contributed by atoms with E-state index in [1.165, 1.54) is 18.4 Å². The smallest absolute Gasteiger partial charge is 0.340 e. The molecule has 1 N–H and O–H groups in total. The second-order valence-electron chi connectivity index (χ2n) is 4.07. The summed E-state index contributed by atoms with van der Waals surface area (Å²) in [6, 6.07) is 8.42. The zero-order valence-electron chi connectivity index (χ0n) is 11.7. The number of carbonyl (C=O) groups is 2. The molecule has 5 nitrogen and oxygen atoms in total. The van der Waals surface area contributed by atoms with Crippen LogP contribution in [0.5, 0.6) is 5.75 Å². The first-order chi connectivity index (χ1) is 10.2. The molecule has 0 atom stereocenters. The molecule has 0 radical (unpaired) electrons. The Morgan fingerprint density at radius 1 is 1.19 bits per heavy atom. The molecule has 1 amide bonds. The van der Waals surface area contributed by atoms with E-state index < -0.39 is 5.97 Å². The van der Waals surface area contributed by atoms with Crippen molar-refractivity contribution in [2.75, 3.05) is 19.0 Å². The zero-order chi connectivity index (χ0) is 15.2. The van der Waals surface area contributed by atoms with Crippen molar-refractivity contribution in [2.45, 2.75) is 6.92 Å². The predicted molar refractivity (Wildman–Crippen MR) is 81.2 cm³/mol. The molecule has 0 aliphatic carbocycles. The van der Waals surface area contributed by atoms with Crippen molar-refractivity contribution >= 4 is 28.2 Å². The van der Waals surface area contributed by atoms with Crippen molar-refractivity contribution in [1.29, 1.82) is 0 Å². The maximum absolute atomic E-state index is 12.1. The first-order valence-electron chi connectivity index (χ1n) is 6.35. The number of nitrogens with one attached hydrogen (secondary N) is 1. The summed E-state index contributed by atoms with van der Waals surface area (Å²) in [5.74, 6) is -0.0516. The summed E-state index contributed by atoms with van der Waals surface area (Å²) in [4.78, 5) is 23.7. The number of ether oxygens (including phenoxy) is 2. The lowest BCUT2D eigenvalue weighted by molar-refractivity contribution is 0.0602. The Kier molecular flexibility index (Phi) is 4.94. The van der Waals surface area contributed by atoms with E-state index in [1.54, 1.807) is 35.7 Å². The number of benzene rings is 1. The molecular weight excluding hydrogens is 290 g/mol. The fraction of sp³-hybridized carbons (Fsp3) is 0.200. The van der Waals surface area contributed by atoms with Crippen molar-refractivity contribution in [3.63, 3.8) is 0 Å². The van der Waals surface area contributed by atoms with E-state index in [4.69, 9.17) is 4.74 Å². The highest BCUT2D eigenvalue weighted by atomic mass is 32.1. The van der Waals surface area contributed by atoms with Crippen molar-refractivity contribution in [3.8, 4) is 5.75 Å². The Balaban J connectivity index is 2.11. The van der Waals surface area contributed by atoms with Gasteiger partial charge in [0.1, 0.15) is 10.8 Å². The van der Waals surface area contributed by atoms with Gasteiger partial charge >= 0.3 is 5.97 Å². The standard InChI is InChI=1S/C15H15NO4S/c1-3-20-11-6-4-10(5-7-11)13(17)16-14-12(8-9-21-14)15(18)19-2/h4-9H,3H2,1-2H3,(H,16,17). The third kappa shape index (κ3) is 3.61. The lowest BCUT2D eigenvalue weighted by Crippen LogP contribution is -2.13. The van der Waals surface area contributed by atoms with E-state index in [-0.39, 0.29) is 5.91 Å². The Hall–Kier alpha value is -2.34. The third-order valence-electron chi connectivity index (χ3n) is 2.73. The molecule has 0 saturated heterocycles. The van der Waals surface area contributed by atoms with Crippen LogP contribution in [-0.4, -0.2) is 25.6 Å². The number of rotatable bonds is 5. The minimum absolute atomic E-state index is 0.286. The number of anilines is 1. The highest BCUT2D eigenvalue weighted by molar-refractivity contribution is 7.14. The minimum atomic E-state index is -0.474. The predicted octanol–water partition coefficient (Wildman–Crippen LogP) is 3.19. The molecule has 0 aliphatic heterocycles. The molecule has 0 unspecified atom stereocenters. The fourth-order valence-corrected chi connectivity index (χ4v) is 2.49. The molecule has 0 bridgehead atoms. The largest absolute Gasteiger partial charge is 0.494 e. The van der Waals surface area contributed by atoms with Gasteiger partial charge < -0.3 is 14.8 Å². The van der Waals surface area contributed by atoms with Gasteiger partial charge in [0.25, 0.3) is 5.91 Å². The number of methoxy groups -OCH3 is 1. The summed E-state index contributed by atoms with van der Waals surface area (Å²) >= 11 is 1.27. The molecule has 21 heavy (non-hydrogen) atoms. The van der Waals surface area contributed by atoms with E-state index in [0.717, 1.165) is 0 Å². The van der Waals surface area contributed by atoms with E-state index >= 15 is 0 Å². The molecule has 2 rings (SSSR count). The normalized spacial score (nSPS) is 10.0. The number of amides is 1. The Morgan fingerprint density at radius 3 is 2.52 bits per heavy atom. The van der Waals surface area contributed by atoms with Gasteiger partial charge in [0.05, 0.1) is 19.3 Å². The number of carbonyl (C=O) groups excluding carboxylic acids is 2. The van der Waals surface area contributed by atoms with Gasteiger partial charge in [-0.1, -0.05) is 0 Å². The van der Waals surface area contributed by atoms with Crippen LogP contribution < -0.4 is 10.1 Å². The first kappa shape index (κ1) is 15.1. The quantitative estimate of drug-likeness (QED) is 0.862. The highest BCUT2D eigenvalue weighted by Gasteiger charge is 2.16. The molecule has 110 valence electrons. The lowest BCUT2D eigenvalue weighted by atomic mass is 10.2. The maximum Gasteiger partial charge on any atom is 0.340 e. The van der Waals surface area contributed by atoms with Crippen LogP contribution in [0, 0.1) is 0 Å². The van der Waals surface area contributed by atoms with Crippen LogP contribution in [0.25, 0.3) is 0 Å². The molecule has 2 aromatic rings. The van der Waals surface area contributed by atoms with Crippen LogP contribution in [0.4, 0.5) is 5.00 Å². The van der Waals surface area contributed by atoms with E-state index in [9.17, 15) is 9.59 Å². The van der Waals surface area contributed by atoms with Crippen molar-refractivity contribution in [2.24, 2.45) is 0 Å². The summed E-state index contributed by atoms with van der Waals surface area (Å²) in [6.45, 7) is 2.47. The highest BCUT2D eigenvalue weighted by Crippen LogP contribution is 2.24. The van der Waals surface area contributed by atoms with E-state index in [1.807, 2.05) is 6.92 Å². The van der Waals surface area contributed by atoms with Crippen LogP contribution in [-0.2, 0) is 4.74 Å². The van der Waals surface area contributed by atoms with Crippen LogP contribution in [0.2, 0.25) is 0 Å². The topological polar surface area (TPSA) is 64.6 Å². The van der Waals surface area contributed by atoms with Crippen molar-refractivity contribution < 1.29 is 19.1 Å². The minimum Gasteiger partial charge on any atom is -0.494 e. The zero-order valence-corrected chi connectivity index (χ0v) is 12.5. The summed E-state index contributed by atoms with van der Waals surface area (Å²) in [5.41, 5.74) is 0.837. The van der Waals surface area contributed by atoms with Gasteiger partial charge in [-0.05, 0) is 42.6 Å². The van der Waals surface area contributed by atoms with Gasteiger partial charge in [-0.3, -0.25) is 4.79 Å². The van der Waals surface area contributed by atoms with Crippen LogP contribution in [0.1, 0.15) is 27.6 Å². The van der Waals surface area contributed by atoms with Crippen LogP contribution in [0.15, 0.2) is 35.7 Å². The Morgan fingerprint density at radius 2 is 1.90 bits per heavy atom. The van der Waals surface area contributed by atoms with Crippen molar-refractivity contribution in [3.05, 3.63) is 46.8 Å². The summed E-state index contributed by atoms with van der Waals surface area (Å²) in [6.07, 6.45) is 0. The fourth-order valence-electron chi connectivity index (χ4n) is 1.72. The SMILES string of the molecule is CCOc1ccc(C(=O)Nc2sccc2C(=O)OC)cc1. The average molecular weight is 305 g/mol. The van der Waals surface area contributed by atoms with Gasteiger partial charge in [0.2, 0.25) is 0 Å². The number of thiophene rings is 1. The maximum atomic E-state index is 12.1. The molecule has 1 heterocycles. The summed E-state index contributed by atoms with van der Waals surface area (Å²) in [5, 5.41) is 4.91. The molecule has 6 heteroatoms. The molecule has 0 saturated carbocycles. The molecule has 0 spiro atoms. The average Bonchev–Trinajstić information content (AvgIpc) is 2.95. The van der Waals surface area contributed by atoms with Gasteiger partial charge in [0, 0.05) is 5.56 Å². The molecule has 1 aromatic carbocycles. The van der Waals surface area contributed by atoms with E-state index in [0.29, 0.717) is 28.5 Å². The van der Waals surface area contributed by atoms with E-state index in [2.05, 4.69) is 10.1 Å². The number of hydrogen-bond acceptors (Lipinski definition) is 5. The molecule has 1 aromatic heterocycles. The second kappa shape index (κ2) is 6.90. The number of esters is 1. The third-order valence-corrected chi connectivity index (χ3v) is 3.55.